The van der Waals surface area contributed by atoms with Gasteiger partial charge < -0.3 is 10.2 Å². The summed E-state index contributed by atoms with van der Waals surface area (Å²) in [5.74, 6) is 0.947. The van der Waals surface area contributed by atoms with Crippen LogP contribution in [0.4, 0.5) is 11.6 Å². The third-order valence-corrected chi connectivity index (χ3v) is 5.76. The Hall–Kier alpha value is -2.67. The van der Waals surface area contributed by atoms with E-state index in [0.29, 0.717) is 21.4 Å². The third kappa shape index (κ3) is 5.08. The van der Waals surface area contributed by atoms with Gasteiger partial charge in [0.2, 0.25) is 0 Å². The van der Waals surface area contributed by atoms with E-state index >= 15 is 0 Å². The Morgan fingerprint density at radius 2 is 1.70 bits per heavy atom. The summed E-state index contributed by atoms with van der Waals surface area (Å²) in [7, 11) is 0. The Balaban J connectivity index is 1.36. The van der Waals surface area contributed by atoms with Gasteiger partial charge in [0.05, 0.1) is 10.0 Å². The highest BCUT2D eigenvalue weighted by molar-refractivity contribution is 6.42. The molecule has 1 saturated heterocycles. The molecule has 1 aromatic heterocycles. The minimum atomic E-state index is -0.300. The molecular formula is C22H21Cl2N5O. The average molecular weight is 442 g/mol. The predicted molar refractivity (Wildman–Crippen MR) is 120 cm³/mol. The highest BCUT2D eigenvalue weighted by Crippen LogP contribution is 2.23. The van der Waals surface area contributed by atoms with Crippen molar-refractivity contribution >= 4 is 40.7 Å². The van der Waals surface area contributed by atoms with E-state index in [1.54, 1.807) is 18.2 Å². The third-order valence-electron chi connectivity index (χ3n) is 5.02. The Morgan fingerprint density at radius 1 is 0.933 bits per heavy atom. The van der Waals surface area contributed by atoms with Gasteiger partial charge in [-0.1, -0.05) is 53.5 Å². The van der Waals surface area contributed by atoms with Crippen LogP contribution in [0.1, 0.15) is 15.9 Å². The molecule has 0 radical (unpaired) electrons. The van der Waals surface area contributed by atoms with Crippen molar-refractivity contribution in [2.45, 2.75) is 6.54 Å². The van der Waals surface area contributed by atoms with Gasteiger partial charge in [0.25, 0.3) is 5.91 Å². The number of carbonyl (C=O) groups is 1. The maximum atomic E-state index is 12.5. The molecule has 1 amide bonds. The first kappa shape index (κ1) is 20.6. The van der Waals surface area contributed by atoms with E-state index in [1.807, 2.05) is 6.07 Å². The molecule has 0 bridgehead atoms. The van der Waals surface area contributed by atoms with Crippen molar-refractivity contribution in [2.75, 3.05) is 36.4 Å². The summed E-state index contributed by atoms with van der Waals surface area (Å²) in [6, 6.07) is 17.0. The molecule has 154 valence electrons. The van der Waals surface area contributed by atoms with E-state index in [9.17, 15) is 4.79 Å². The number of amides is 1. The van der Waals surface area contributed by atoms with Crippen LogP contribution in [0, 0.1) is 0 Å². The van der Waals surface area contributed by atoms with Crippen LogP contribution in [0.25, 0.3) is 0 Å². The smallest absolute Gasteiger partial charge is 0.256 e. The van der Waals surface area contributed by atoms with Crippen LogP contribution < -0.4 is 10.2 Å². The highest BCUT2D eigenvalue weighted by Gasteiger charge is 2.19. The molecule has 8 heteroatoms. The summed E-state index contributed by atoms with van der Waals surface area (Å²) in [6.07, 6.45) is 1.47. The molecular weight excluding hydrogens is 421 g/mol. The van der Waals surface area contributed by atoms with Crippen LogP contribution in [0.2, 0.25) is 10.0 Å². The molecule has 0 spiro atoms. The van der Waals surface area contributed by atoms with Gasteiger partial charge in [0, 0.05) is 44.4 Å². The maximum Gasteiger partial charge on any atom is 0.256 e. The minimum absolute atomic E-state index is 0.300. The zero-order chi connectivity index (χ0) is 20.9. The summed E-state index contributed by atoms with van der Waals surface area (Å²) in [5.41, 5.74) is 1.74. The minimum Gasteiger partial charge on any atom is -0.354 e. The first-order chi connectivity index (χ1) is 14.6. The van der Waals surface area contributed by atoms with Crippen molar-refractivity contribution in [1.29, 1.82) is 0 Å². The fourth-order valence-electron chi connectivity index (χ4n) is 3.39. The molecule has 2 aromatic carbocycles. The van der Waals surface area contributed by atoms with Gasteiger partial charge in [-0.05, 0) is 23.8 Å². The second-order valence-electron chi connectivity index (χ2n) is 7.09. The zero-order valence-corrected chi connectivity index (χ0v) is 17.8. The molecule has 0 atom stereocenters. The average Bonchev–Trinajstić information content (AvgIpc) is 2.77. The number of halogens is 2. The number of hydrogen-bond acceptors (Lipinski definition) is 5. The molecule has 3 aromatic rings. The van der Waals surface area contributed by atoms with Crippen molar-refractivity contribution < 1.29 is 4.79 Å². The van der Waals surface area contributed by atoms with Gasteiger partial charge in [0.1, 0.15) is 18.0 Å². The van der Waals surface area contributed by atoms with Gasteiger partial charge >= 0.3 is 0 Å². The summed E-state index contributed by atoms with van der Waals surface area (Å²) < 4.78 is 0. The van der Waals surface area contributed by atoms with E-state index in [0.717, 1.165) is 38.5 Å². The molecule has 1 aliphatic rings. The van der Waals surface area contributed by atoms with Crippen molar-refractivity contribution in [3.63, 3.8) is 0 Å². The van der Waals surface area contributed by atoms with Crippen LogP contribution in [-0.4, -0.2) is 47.0 Å². The number of rotatable bonds is 5. The molecule has 0 unspecified atom stereocenters. The summed E-state index contributed by atoms with van der Waals surface area (Å²) in [4.78, 5) is 25.7. The topological polar surface area (TPSA) is 61.4 Å². The second-order valence-corrected chi connectivity index (χ2v) is 7.91. The molecule has 6 nitrogen and oxygen atoms in total. The summed E-state index contributed by atoms with van der Waals surface area (Å²) in [5, 5.41) is 3.54. The number of benzene rings is 2. The summed E-state index contributed by atoms with van der Waals surface area (Å²) in [6.45, 7) is 4.57. The Labute approximate surface area is 185 Å². The first-order valence-corrected chi connectivity index (χ1v) is 10.4. The molecule has 2 heterocycles. The highest BCUT2D eigenvalue weighted by atomic mass is 35.5. The zero-order valence-electron chi connectivity index (χ0n) is 16.3. The largest absolute Gasteiger partial charge is 0.354 e. The normalized spacial score (nSPS) is 14.5. The van der Waals surface area contributed by atoms with E-state index < -0.39 is 0 Å². The standard InChI is InChI=1S/C22H21Cl2N5O/c23-18-7-6-17(12-19(18)24)22(30)27-20-13-21(26-15-25-20)29-10-8-28(9-11-29)14-16-4-2-1-3-5-16/h1-7,12-13,15H,8-11,14H2,(H,25,26,27,30). The van der Waals surface area contributed by atoms with Crippen LogP contribution in [0.5, 0.6) is 0 Å². The molecule has 0 aliphatic carbocycles. The quantitative estimate of drug-likeness (QED) is 0.637. The number of nitrogens with one attached hydrogen (secondary N) is 1. The van der Waals surface area contributed by atoms with Crippen LogP contribution in [0.3, 0.4) is 0 Å². The second kappa shape index (κ2) is 9.43. The fraction of sp³-hybridized carbons (Fsp3) is 0.227. The molecule has 4 rings (SSSR count). The van der Waals surface area contributed by atoms with Gasteiger partial charge in [-0.25, -0.2) is 9.97 Å². The molecule has 0 saturated carbocycles. The van der Waals surface area contributed by atoms with E-state index in [1.165, 1.54) is 18.0 Å². The number of carbonyl (C=O) groups excluding carboxylic acids is 1. The number of nitrogens with zero attached hydrogens (tertiary/aromatic N) is 4. The van der Waals surface area contributed by atoms with Gasteiger partial charge in [-0.15, -0.1) is 0 Å². The molecule has 1 aliphatic heterocycles. The van der Waals surface area contributed by atoms with Gasteiger partial charge in [0.15, 0.2) is 0 Å². The van der Waals surface area contributed by atoms with Gasteiger partial charge in [-0.2, -0.15) is 0 Å². The lowest BCUT2D eigenvalue weighted by atomic mass is 10.2. The lowest BCUT2D eigenvalue weighted by Gasteiger charge is -2.35. The maximum absolute atomic E-state index is 12.5. The van der Waals surface area contributed by atoms with Crippen LogP contribution in [-0.2, 0) is 6.54 Å². The van der Waals surface area contributed by atoms with Crippen molar-refractivity contribution in [1.82, 2.24) is 14.9 Å². The lowest BCUT2D eigenvalue weighted by Crippen LogP contribution is -2.46. The Morgan fingerprint density at radius 3 is 2.43 bits per heavy atom. The first-order valence-electron chi connectivity index (χ1n) is 9.68. The SMILES string of the molecule is O=C(Nc1cc(N2CCN(Cc3ccccc3)CC2)ncn1)c1ccc(Cl)c(Cl)c1. The number of anilines is 2. The van der Waals surface area contributed by atoms with Gasteiger partial charge in [-0.3, -0.25) is 9.69 Å². The predicted octanol–water partition coefficient (Wildman–Crippen LogP) is 4.36. The van der Waals surface area contributed by atoms with E-state index in [4.69, 9.17) is 23.2 Å². The summed E-state index contributed by atoms with van der Waals surface area (Å²) >= 11 is 11.9. The van der Waals surface area contributed by atoms with Crippen LogP contribution in [0.15, 0.2) is 60.9 Å². The number of hydrogen-bond donors (Lipinski definition) is 1. The Bertz CT molecular complexity index is 1020. The molecule has 1 N–H and O–H groups in total. The fourth-order valence-corrected chi connectivity index (χ4v) is 3.69. The van der Waals surface area contributed by atoms with Crippen LogP contribution >= 0.6 is 23.2 Å². The Kier molecular flexibility index (Phi) is 6.47. The van der Waals surface area contributed by atoms with Crippen molar-refractivity contribution in [3.8, 4) is 0 Å². The molecule has 1 fully saturated rings. The monoisotopic (exact) mass is 441 g/mol. The van der Waals surface area contributed by atoms with E-state index in [-0.39, 0.29) is 5.91 Å². The lowest BCUT2D eigenvalue weighted by molar-refractivity contribution is 0.102. The van der Waals surface area contributed by atoms with E-state index in [2.05, 4.69) is 49.4 Å². The number of piperazine rings is 1. The van der Waals surface area contributed by atoms with Crippen molar-refractivity contribution in [2.24, 2.45) is 0 Å². The number of aromatic nitrogens is 2. The van der Waals surface area contributed by atoms with Crippen molar-refractivity contribution in [3.05, 3.63) is 82.1 Å². The molecule has 30 heavy (non-hydrogen) atoms.